The minimum Gasteiger partial charge on any atom is -0.465 e. The summed E-state index contributed by atoms with van der Waals surface area (Å²) >= 11 is 0. The molecule has 0 heterocycles. The predicted molar refractivity (Wildman–Crippen MR) is 309 cm³/mol. The molecule has 0 saturated heterocycles. The van der Waals surface area contributed by atoms with Crippen LogP contribution in [0.25, 0.3) is 0 Å². The van der Waals surface area contributed by atoms with Crippen molar-refractivity contribution >= 4 is 43.6 Å². The molecule has 0 aromatic heterocycles. The third-order valence-corrected chi connectivity index (χ3v) is 10.2. The molecule has 13 nitrogen and oxygen atoms in total. The maximum absolute atomic E-state index is 13.3. The molecule has 0 amide bonds. The fraction of sp³-hybridized carbons (Fsp3) is 0.0909. The molecule has 0 unspecified atom stereocenters. The Morgan fingerprint density at radius 1 is 0.514 bits per heavy atom. The number of carbonyl (C=O) groups excluding carboxylic acids is 4. The zero-order valence-electron chi connectivity index (χ0n) is 35.8. The molecule has 0 radical (unpaired) electrons. The number of aliphatic hydroxyl groups is 1. The van der Waals surface area contributed by atoms with Crippen LogP contribution in [-0.2, 0) is 39.1 Å². The van der Waals surface area contributed by atoms with Gasteiger partial charge in [-0.05, 0) is 140 Å². The Bertz CT molecular complexity index is 4300. The van der Waals surface area contributed by atoms with Gasteiger partial charge in [0.1, 0.15) is 6.61 Å². The predicted octanol–water partition coefficient (Wildman–Crippen LogP) is 12.1. The van der Waals surface area contributed by atoms with Crippen molar-refractivity contribution in [3.8, 4) is 0 Å². The lowest BCUT2D eigenvalue weighted by molar-refractivity contribution is -0.145. The monoisotopic (exact) mass is 1010 g/mol. The van der Waals surface area contributed by atoms with E-state index < -0.39 is 73.8 Å². The Kier molecular flexibility index (Phi) is 22.6. The van der Waals surface area contributed by atoms with Crippen molar-refractivity contribution in [2.45, 2.75) is 9.79 Å². The smallest absolute Gasteiger partial charge is 0.354 e. The SMILES string of the molecule is C=C=C=C=C=C=C=C=C=C=C=C=C=C=C=C=C=C=C=C=C=C=C=C=C=C=C=C=C=C=C=C=C=C(C(=O)OC)C(=O)OCCNS(=O)(=O)c1ccc2c(c1)C(=O)c1ccc(S(=O)(=O)NCCO)cc1C2=O.[HH].[HH].[HH].[HH].[HH].[HH].[HH].[HH].[HH].[HH].[HH].[HH].[HH].[HH].[HH].[HH].[HH].[HH].[HH].[HH].[HH].[HH].[HH].[HH].[HH].[HH].[HH].[HH].[HH].[HH].[HH].[HH]. The molecule has 3 N–H and O–H groups in total. The first-order valence-corrected chi connectivity index (χ1v) is 21.7. The summed E-state index contributed by atoms with van der Waals surface area (Å²) < 4.78 is 65.0. The van der Waals surface area contributed by atoms with E-state index in [1.54, 1.807) is 0 Å². The van der Waals surface area contributed by atoms with Gasteiger partial charge in [0.05, 0.1) is 23.5 Å². The summed E-state index contributed by atoms with van der Waals surface area (Å²) in [7, 11) is -7.47. The number of carbonyl (C=O) groups is 4. The Morgan fingerprint density at radius 2 is 0.843 bits per heavy atom. The number of nitrogens with one attached hydrogen (secondary N) is 2. The van der Waals surface area contributed by atoms with E-state index in [4.69, 9.17) is 9.84 Å². The summed E-state index contributed by atoms with van der Waals surface area (Å²) in [6, 6.07) is 6.40. The number of ether oxygens (including phenoxy) is 2. The van der Waals surface area contributed by atoms with Crippen molar-refractivity contribution in [2.75, 3.05) is 33.4 Å². The minimum atomic E-state index is -4.35. The lowest BCUT2D eigenvalue weighted by Gasteiger charge is -2.19. The second-order valence-corrected chi connectivity index (χ2v) is 15.2. The minimum absolute atomic E-state index is 0. The third-order valence-electron chi connectivity index (χ3n) is 7.29. The molecule has 2 aromatic rings. The number of benzene rings is 2. The van der Waals surface area contributed by atoms with E-state index in [0.717, 1.165) is 43.5 Å². The van der Waals surface area contributed by atoms with Crippen molar-refractivity contribution in [3.63, 3.8) is 0 Å². The highest BCUT2D eigenvalue weighted by atomic mass is 32.2. The largest absolute Gasteiger partial charge is 0.465 e. The van der Waals surface area contributed by atoms with E-state index >= 15 is 0 Å². The zero-order chi connectivity index (χ0) is 50.9. The van der Waals surface area contributed by atoms with E-state index in [-0.39, 0.29) is 79.3 Å². The maximum atomic E-state index is 13.3. The number of rotatable bonds is 11. The Morgan fingerprint density at radius 3 is 1.17 bits per heavy atom. The van der Waals surface area contributed by atoms with Crippen molar-refractivity contribution in [3.05, 3.63) is 254 Å². The van der Waals surface area contributed by atoms with E-state index in [1.165, 1.54) is 0 Å². The lowest BCUT2D eigenvalue weighted by atomic mass is 9.84. The molecule has 0 aliphatic heterocycles. The van der Waals surface area contributed by atoms with Gasteiger partial charge in [-0.2, -0.15) is 0 Å². The maximum Gasteiger partial charge on any atom is 0.354 e. The van der Waals surface area contributed by atoms with Crippen LogP contribution in [0.15, 0.2) is 242 Å². The van der Waals surface area contributed by atoms with E-state index in [9.17, 15) is 36.0 Å². The van der Waals surface area contributed by atoms with Crippen LogP contribution in [0.1, 0.15) is 77.5 Å². The number of esters is 2. The van der Waals surface area contributed by atoms with Gasteiger partial charge in [0.2, 0.25) is 20.0 Å². The van der Waals surface area contributed by atoms with Gasteiger partial charge in [0.15, 0.2) is 17.1 Å². The average Bonchev–Trinajstić information content (AvgIpc) is 3.36. The topological polar surface area (TPSA) is 199 Å². The third kappa shape index (κ3) is 18.4. The molecule has 2 aromatic carbocycles. The Labute approximate surface area is 446 Å². The second-order valence-electron chi connectivity index (χ2n) is 11.6. The van der Waals surface area contributed by atoms with Crippen LogP contribution in [0, 0.1) is 0 Å². The van der Waals surface area contributed by atoms with Crippen molar-refractivity contribution in [1.29, 1.82) is 0 Å². The molecule has 0 fully saturated rings. The highest BCUT2D eigenvalue weighted by Crippen LogP contribution is 2.30. The molecule has 1 aliphatic rings. The van der Waals surface area contributed by atoms with Crippen LogP contribution in [0.2, 0.25) is 0 Å². The molecule has 0 spiro atoms. The Hall–Kier alpha value is -10.8. The van der Waals surface area contributed by atoms with Gasteiger partial charge >= 0.3 is 11.9 Å². The number of fused-ring (bicyclic) bond motifs is 2. The van der Waals surface area contributed by atoms with Gasteiger partial charge in [0, 0.05) is 161 Å². The van der Waals surface area contributed by atoms with Crippen LogP contribution in [0.3, 0.4) is 0 Å². The first kappa shape index (κ1) is 53.5. The molecule has 3 rings (SSSR count). The first-order chi connectivity index (χ1) is 33.9. The van der Waals surface area contributed by atoms with E-state index in [2.05, 4.69) is 204 Å². The first-order valence-electron chi connectivity index (χ1n) is 18.8. The fourth-order valence-electron chi connectivity index (χ4n) is 4.48. The van der Waals surface area contributed by atoms with Crippen LogP contribution in [-0.4, -0.2) is 78.9 Å². The van der Waals surface area contributed by atoms with Crippen molar-refractivity contribution in [2.24, 2.45) is 0 Å². The van der Waals surface area contributed by atoms with Crippen LogP contribution in [0.4, 0.5) is 0 Å². The molecular formula is C55H86N2O11S2. The molecule has 394 valence electrons. The van der Waals surface area contributed by atoms with Gasteiger partial charge in [-0.3, -0.25) is 9.59 Å². The molecule has 0 atom stereocenters. The fourth-order valence-corrected chi connectivity index (χ4v) is 6.57. The van der Waals surface area contributed by atoms with Gasteiger partial charge < -0.3 is 14.6 Å². The summed E-state index contributed by atoms with van der Waals surface area (Å²) in [6.07, 6.45) is 0. The van der Waals surface area contributed by atoms with Crippen molar-refractivity contribution in [1.82, 2.24) is 9.44 Å². The van der Waals surface area contributed by atoms with Crippen molar-refractivity contribution < 1.29 is 96.2 Å². The van der Waals surface area contributed by atoms with Gasteiger partial charge in [-0.1, -0.05) is 5.73 Å². The van der Waals surface area contributed by atoms with Gasteiger partial charge in [-0.15, -0.1) is 0 Å². The highest BCUT2D eigenvalue weighted by Gasteiger charge is 2.32. The number of methoxy groups -OCH3 is 1. The lowest BCUT2D eigenvalue weighted by Crippen LogP contribution is -2.30. The summed E-state index contributed by atoms with van der Waals surface area (Å²) in [5.74, 6) is -3.85. The highest BCUT2D eigenvalue weighted by molar-refractivity contribution is 7.89. The Balaban J connectivity index is -0.0000000579. The summed E-state index contributed by atoms with van der Waals surface area (Å²) in [5, 5.41) is 8.95. The summed E-state index contributed by atoms with van der Waals surface area (Å²) in [5.41, 5.74) is 76.1. The number of ketones is 2. The summed E-state index contributed by atoms with van der Waals surface area (Å²) in [4.78, 5) is 50.6. The standard InChI is InChI=1S/C55H22N2O11S2.32H2/c1-3-4-5-6-7-8-9-10-11-12-13-14-15-16-17-18-19-20-21-22-23-24-25-26-27-28-29-30-31-32-33-34-49(54(61)67-2)55(62)68-42-40-57-70(65,66)46-36-38-48-51(44-46)53(60)47-37-35-45(43-50(47)52(48)59)69(63,64)56-39-41-58;;;;;;;;;;;;;;;;;;;;;;;;;;;;;;;;/h35-38,43-44,56-58H,1,39-42H2,2H3;32*1H. The number of aliphatic hydroxyl groups excluding tert-OH is 1. The number of hydrogen-bond donors (Lipinski definition) is 3. The van der Waals surface area contributed by atoms with Crippen LogP contribution >= 0.6 is 0 Å². The second kappa shape index (κ2) is 29.6. The quantitative estimate of drug-likeness (QED) is 0.0412. The normalized spacial score (nSPS) is 8.83. The van der Waals surface area contributed by atoms with E-state index in [1.807, 2.05) is 0 Å². The molecular weight excluding hydrogens is 929 g/mol. The number of sulfonamides is 2. The molecule has 0 bridgehead atoms. The van der Waals surface area contributed by atoms with Crippen LogP contribution < -0.4 is 9.44 Å². The molecule has 70 heavy (non-hydrogen) atoms. The van der Waals surface area contributed by atoms with Crippen LogP contribution in [0.5, 0.6) is 0 Å². The zero-order valence-corrected chi connectivity index (χ0v) is 37.5. The molecule has 15 heteroatoms. The van der Waals surface area contributed by atoms with Gasteiger partial charge in [0.25, 0.3) is 0 Å². The average molecular weight is 1020 g/mol. The summed E-state index contributed by atoms with van der Waals surface area (Å²) in [6.45, 7) is 1.49. The molecule has 0 saturated carbocycles. The number of hydrogen-bond acceptors (Lipinski definition) is 11. The van der Waals surface area contributed by atoms with E-state index in [0.29, 0.717) is 0 Å². The molecule has 1 aliphatic carbocycles. The van der Waals surface area contributed by atoms with Gasteiger partial charge in [-0.25, -0.2) is 35.9 Å².